The Morgan fingerprint density at radius 1 is 1.12 bits per heavy atom. The van der Waals surface area contributed by atoms with Crippen LogP contribution in [-0.2, 0) is 6.54 Å². The van der Waals surface area contributed by atoms with Crippen LogP contribution < -0.4 is 5.69 Å². The monoisotopic (exact) mass is 362 g/mol. The first-order valence-electron chi connectivity index (χ1n) is 7.73. The molecule has 0 bridgehead atoms. The predicted molar refractivity (Wildman–Crippen MR) is 94.1 cm³/mol. The molecule has 1 aromatic heterocycles. The summed E-state index contributed by atoms with van der Waals surface area (Å²) < 4.78 is 15.9. The van der Waals surface area contributed by atoms with E-state index in [1.807, 2.05) is 6.92 Å². The molecule has 0 atom stereocenters. The Labute approximate surface area is 148 Å². The van der Waals surface area contributed by atoms with E-state index in [0.717, 1.165) is 10.6 Å². The van der Waals surface area contributed by atoms with Crippen LogP contribution in [0.2, 0.25) is 5.02 Å². The standard InChI is InChI=1S/C18H16ClFN2O3/c1-2-9-21-16(11-3-6-13(23)7-4-11)17(24)22(18(21)25)12-5-8-15(20)14(19)10-12/h3-8,10,23-24H,2,9H2,1H3. The molecule has 25 heavy (non-hydrogen) atoms. The van der Waals surface area contributed by atoms with Gasteiger partial charge in [0.05, 0.1) is 10.7 Å². The average molecular weight is 363 g/mol. The van der Waals surface area contributed by atoms with Gasteiger partial charge in [0, 0.05) is 12.1 Å². The Bertz CT molecular complexity index is 977. The van der Waals surface area contributed by atoms with Crippen molar-refractivity contribution >= 4 is 11.6 Å². The average Bonchev–Trinajstić information content (AvgIpc) is 2.82. The molecule has 0 radical (unpaired) electrons. The largest absolute Gasteiger partial charge is 0.508 e. The van der Waals surface area contributed by atoms with E-state index in [1.54, 1.807) is 12.1 Å². The number of hydrogen-bond acceptors (Lipinski definition) is 3. The van der Waals surface area contributed by atoms with Gasteiger partial charge in [-0.25, -0.2) is 13.8 Å². The van der Waals surface area contributed by atoms with Gasteiger partial charge in [-0.15, -0.1) is 0 Å². The summed E-state index contributed by atoms with van der Waals surface area (Å²) in [7, 11) is 0. The third-order valence-corrected chi connectivity index (χ3v) is 4.15. The number of benzene rings is 2. The van der Waals surface area contributed by atoms with Crippen molar-refractivity contribution in [3.8, 4) is 28.6 Å². The van der Waals surface area contributed by atoms with Gasteiger partial charge in [0.15, 0.2) is 0 Å². The summed E-state index contributed by atoms with van der Waals surface area (Å²) in [6.45, 7) is 2.31. The second kappa shape index (κ2) is 6.64. The van der Waals surface area contributed by atoms with Gasteiger partial charge in [0.1, 0.15) is 17.3 Å². The minimum Gasteiger partial charge on any atom is -0.508 e. The lowest BCUT2D eigenvalue weighted by molar-refractivity contribution is 0.442. The minimum atomic E-state index is -0.607. The number of halogens is 2. The molecular weight excluding hydrogens is 347 g/mol. The van der Waals surface area contributed by atoms with Crippen LogP contribution in [0.5, 0.6) is 11.6 Å². The first kappa shape index (κ1) is 17.1. The van der Waals surface area contributed by atoms with E-state index in [1.165, 1.54) is 28.8 Å². The molecule has 0 aliphatic carbocycles. The van der Waals surface area contributed by atoms with Crippen molar-refractivity contribution in [3.63, 3.8) is 0 Å². The molecule has 0 fully saturated rings. The molecule has 2 N–H and O–H groups in total. The van der Waals surface area contributed by atoms with E-state index < -0.39 is 11.5 Å². The van der Waals surface area contributed by atoms with Crippen LogP contribution in [0.4, 0.5) is 4.39 Å². The zero-order valence-electron chi connectivity index (χ0n) is 13.4. The lowest BCUT2D eigenvalue weighted by atomic mass is 10.1. The molecular formula is C18H16ClFN2O3. The lowest BCUT2D eigenvalue weighted by Crippen LogP contribution is -2.23. The van der Waals surface area contributed by atoms with Crippen molar-refractivity contribution in [2.24, 2.45) is 0 Å². The molecule has 7 heteroatoms. The molecule has 0 amide bonds. The zero-order chi connectivity index (χ0) is 18.1. The van der Waals surface area contributed by atoms with E-state index in [4.69, 9.17) is 11.6 Å². The van der Waals surface area contributed by atoms with Crippen LogP contribution in [0.1, 0.15) is 13.3 Å². The quantitative estimate of drug-likeness (QED) is 0.739. The van der Waals surface area contributed by atoms with E-state index in [9.17, 15) is 19.4 Å². The van der Waals surface area contributed by atoms with Crippen LogP contribution in [0, 0.1) is 5.82 Å². The molecule has 0 saturated carbocycles. The van der Waals surface area contributed by atoms with Crippen LogP contribution in [0.3, 0.4) is 0 Å². The summed E-state index contributed by atoms with van der Waals surface area (Å²) in [6, 6.07) is 9.97. The number of rotatable bonds is 4. The van der Waals surface area contributed by atoms with Crippen LogP contribution >= 0.6 is 11.6 Å². The Hall–Kier alpha value is -2.73. The second-order valence-electron chi connectivity index (χ2n) is 5.59. The summed E-state index contributed by atoms with van der Waals surface area (Å²) in [5.41, 5.74) is 0.717. The maximum Gasteiger partial charge on any atom is 0.336 e. The Kier molecular flexibility index (Phi) is 4.55. The van der Waals surface area contributed by atoms with E-state index in [0.29, 0.717) is 24.2 Å². The number of phenolic OH excluding ortho intramolecular Hbond substituents is 1. The van der Waals surface area contributed by atoms with Crippen molar-refractivity contribution in [2.75, 3.05) is 0 Å². The summed E-state index contributed by atoms with van der Waals surface area (Å²) in [4.78, 5) is 12.8. The van der Waals surface area contributed by atoms with Crippen molar-refractivity contribution in [1.82, 2.24) is 9.13 Å². The minimum absolute atomic E-state index is 0.0809. The maximum absolute atomic E-state index is 13.4. The van der Waals surface area contributed by atoms with Gasteiger partial charge >= 0.3 is 5.69 Å². The van der Waals surface area contributed by atoms with E-state index in [2.05, 4.69) is 0 Å². The molecule has 0 aliphatic heterocycles. The summed E-state index contributed by atoms with van der Waals surface area (Å²) in [5.74, 6) is -0.797. The molecule has 5 nitrogen and oxygen atoms in total. The molecule has 3 rings (SSSR count). The van der Waals surface area contributed by atoms with Crippen molar-refractivity contribution in [1.29, 1.82) is 0 Å². The van der Waals surface area contributed by atoms with Crippen molar-refractivity contribution in [2.45, 2.75) is 19.9 Å². The highest BCUT2D eigenvalue weighted by Gasteiger charge is 2.22. The van der Waals surface area contributed by atoms with Gasteiger partial charge in [-0.2, -0.15) is 0 Å². The molecule has 0 unspecified atom stereocenters. The molecule has 3 aromatic rings. The van der Waals surface area contributed by atoms with Gasteiger partial charge in [0.2, 0.25) is 5.88 Å². The fraction of sp³-hybridized carbons (Fsp3) is 0.167. The summed E-state index contributed by atoms with van der Waals surface area (Å²) in [6.07, 6.45) is 0.679. The number of imidazole rings is 1. The SMILES string of the molecule is CCCn1c(-c2ccc(O)cc2)c(O)n(-c2ccc(F)c(Cl)c2)c1=O. The number of nitrogens with zero attached hydrogens (tertiary/aromatic N) is 2. The summed E-state index contributed by atoms with van der Waals surface area (Å²) >= 11 is 5.80. The van der Waals surface area contributed by atoms with Gasteiger partial charge in [-0.3, -0.25) is 4.57 Å². The smallest absolute Gasteiger partial charge is 0.336 e. The molecule has 1 heterocycles. The molecule has 0 saturated heterocycles. The Balaban J connectivity index is 2.27. The molecule has 2 aromatic carbocycles. The maximum atomic E-state index is 13.4. The van der Waals surface area contributed by atoms with Gasteiger partial charge < -0.3 is 10.2 Å². The predicted octanol–water partition coefficient (Wildman–Crippen LogP) is 3.92. The number of aromatic hydroxyl groups is 2. The molecule has 0 aliphatic rings. The van der Waals surface area contributed by atoms with Crippen LogP contribution in [-0.4, -0.2) is 19.3 Å². The van der Waals surface area contributed by atoms with Crippen LogP contribution in [0.15, 0.2) is 47.3 Å². The second-order valence-corrected chi connectivity index (χ2v) is 5.99. The fourth-order valence-electron chi connectivity index (χ4n) is 2.73. The van der Waals surface area contributed by atoms with Crippen molar-refractivity contribution in [3.05, 3.63) is 63.8 Å². The third-order valence-electron chi connectivity index (χ3n) is 3.87. The van der Waals surface area contributed by atoms with Gasteiger partial charge in [-0.05, 0) is 48.9 Å². The Morgan fingerprint density at radius 3 is 2.40 bits per heavy atom. The van der Waals surface area contributed by atoms with E-state index >= 15 is 0 Å². The molecule has 130 valence electrons. The fourth-order valence-corrected chi connectivity index (χ4v) is 2.90. The first-order chi connectivity index (χ1) is 11.9. The zero-order valence-corrected chi connectivity index (χ0v) is 14.2. The summed E-state index contributed by atoms with van der Waals surface area (Å²) in [5, 5.41) is 20.0. The number of phenols is 1. The van der Waals surface area contributed by atoms with Crippen LogP contribution in [0.25, 0.3) is 16.9 Å². The highest BCUT2D eigenvalue weighted by molar-refractivity contribution is 6.30. The van der Waals surface area contributed by atoms with Gasteiger partial charge in [0.25, 0.3) is 0 Å². The number of hydrogen-bond donors (Lipinski definition) is 2. The van der Waals surface area contributed by atoms with Gasteiger partial charge in [-0.1, -0.05) is 18.5 Å². The number of aromatic nitrogens is 2. The normalized spacial score (nSPS) is 11.0. The first-order valence-corrected chi connectivity index (χ1v) is 8.11. The lowest BCUT2D eigenvalue weighted by Gasteiger charge is -2.06. The third kappa shape index (κ3) is 3.00. The van der Waals surface area contributed by atoms with E-state index in [-0.39, 0.29) is 22.3 Å². The Morgan fingerprint density at radius 2 is 1.80 bits per heavy atom. The van der Waals surface area contributed by atoms with Crippen molar-refractivity contribution < 1.29 is 14.6 Å². The highest BCUT2D eigenvalue weighted by atomic mass is 35.5. The highest BCUT2D eigenvalue weighted by Crippen LogP contribution is 2.32. The molecule has 0 spiro atoms. The topological polar surface area (TPSA) is 67.4 Å².